The zero-order chi connectivity index (χ0) is 10.3. The number of ether oxygens (including phenoxy) is 3. The van der Waals surface area contributed by atoms with E-state index in [0.717, 1.165) is 6.61 Å². The fraction of sp³-hybridized carbons (Fsp3) is 1.00. The van der Waals surface area contributed by atoms with Crippen molar-refractivity contribution < 1.29 is 14.2 Å². The molecule has 0 radical (unpaired) electrons. The fourth-order valence-corrected chi connectivity index (χ4v) is 3.25. The Balaban J connectivity index is 1.73. The number of rotatable bonds is 1. The minimum atomic E-state index is -0.453. The van der Waals surface area contributed by atoms with E-state index in [1.54, 1.807) is 0 Å². The molecule has 1 aliphatic carbocycles. The second-order valence-electron chi connectivity index (χ2n) is 5.22. The summed E-state index contributed by atoms with van der Waals surface area (Å²) in [6.45, 7) is 3.47. The van der Waals surface area contributed by atoms with Crippen LogP contribution in [0.3, 0.4) is 0 Å². The zero-order valence-corrected chi connectivity index (χ0v) is 9.41. The van der Waals surface area contributed by atoms with Gasteiger partial charge in [-0.25, -0.2) is 0 Å². The number of fused-ring (bicyclic) bond motifs is 2. The van der Waals surface area contributed by atoms with Crippen molar-refractivity contribution in [3.63, 3.8) is 0 Å². The van der Waals surface area contributed by atoms with Crippen molar-refractivity contribution in [2.75, 3.05) is 13.2 Å². The van der Waals surface area contributed by atoms with Gasteiger partial charge in [-0.2, -0.15) is 0 Å². The van der Waals surface area contributed by atoms with Gasteiger partial charge < -0.3 is 14.2 Å². The molecule has 3 rings (SSSR count). The highest BCUT2D eigenvalue weighted by molar-refractivity contribution is 4.92. The summed E-state index contributed by atoms with van der Waals surface area (Å²) in [6, 6.07) is 0. The van der Waals surface area contributed by atoms with Crippen molar-refractivity contribution in [3.05, 3.63) is 0 Å². The lowest BCUT2D eigenvalue weighted by atomic mass is 9.82. The standard InChI is InChI=1S/C12H20O3/c1-12-11(9-5-3-2-4-6-9)13-7-10(15-12)8-14-12/h9-11H,2-8H2,1H3/t10-,11+,12+/m0/s1. The molecule has 3 nitrogen and oxygen atoms in total. The van der Waals surface area contributed by atoms with E-state index in [4.69, 9.17) is 14.2 Å². The summed E-state index contributed by atoms with van der Waals surface area (Å²) in [5, 5.41) is 0. The zero-order valence-electron chi connectivity index (χ0n) is 9.41. The molecule has 2 heterocycles. The first kappa shape index (κ1) is 10.1. The van der Waals surface area contributed by atoms with Crippen molar-refractivity contribution in [1.82, 2.24) is 0 Å². The Morgan fingerprint density at radius 1 is 1.07 bits per heavy atom. The predicted molar refractivity (Wildman–Crippen MR) is 55.5 cm³/mol. The van der Waals surface area contributed by atoms with E-state index >= 15 is 0 Å². The van der Waals surface area contributed by atoms with Crippen LogP contribution in [0, 0.1) is 5.92 Å². The van der Waals surface area contributed by atoms with Crippen molar-refractivity contribution in [2.45, 2.75) is 57.0 Å². The van der Waals surface area contributed by atoms with E-state index in [9.17, 15) is 0 Å². The normalized spacial score (nSPS) is 47.0. The molecular weight excluding hydrogens is 192 g/mol. The molecule has 2 bridgehead atoms. The first-order valence-electron chi connectivity index (χ1n) is 6.21. The van der Waals surface area contributed by atoms with Crippen molar-refractivity contribution in [1.29, 1.82) is 0 Å². The molecule has 0 aromatic heterocycles. The molecule has 0 aromatic carbocycles. The maximum absolute atomic E-state index is 5.96. The fourth-order valence-electron chi connectivity index (χ4n) is 3.25. The van der Waals surface area contributed by atoms with E-state index in [1.807, 2.05) is 6.92 Å². The maximum atomic E-state index is 5.96. The topological polar surface area (TPSA) is 27.7 Å². The monoisotopic (exact) mass is 212 g/mol. The Morgan fingerprint density at radius 2 is 1.87 bits per heavy atom. The van der Waals surface area contributed by atoms with Gasteiger partial charge in [-0.1, -0.05) is 19.3 Å². The Morgan fingerprint density at radius 3 is 2.67 bits per heavy atom. The minimum Gasteiger partial charge on any atom is -0.370 e. The quantitative estimate of drug-likeness (QED) is 0.666. The summed E-state index contributed by atoms with van der Waals surface area (Å²) in [7, 11) is 0. The van der Waals surface area contributed by atoms with Crippen LogP contribution in [0.5, 0.6) is 0 Å². The average Bonchev–Trinajstić information content (AvgIpc) is 2.56. The first-order chi connectivity index (χ1) is 7.28. The number of hydrogen-bond acceptors (Lipinski definition) is 3. The van der Waals surface area contributed by atoms with Crippen LogP contribution >= 0.6 is 0 Å². The molecule has 86 valence electrons. The molecule has 3 aliphatic rings. The molecule has 2 aliphatic heterocycles. The van der Waals surface area contributed by atoms with Gasteiger partial charge in [0.25, 0.3) is 0 Å². The van der Waals surface area contributed by atoms with Crippen LogP contribution < -0.4 is 0 Å². The van der Waals surface area contributed by atoms with Crippen molar-refractivity contribution in [2.24, 2.45) is 5.92 Å². The summed E-state index contributed by atoms with van der Waals surface area (Å²) in [5.41, 5.74) is 0. The first-order valence-corrected chi connectivity index (χ1v) is 6.21. The predicted octanol–water partition coefficient (Wildman–Crippen LogP) is 2.10. The summed E-state index contributed by atoms with van der Waals surface area (Å²) < 4.78 is 17.6. The van der Waals surface area contributed by atoms with Gasteiger partial charge in [-0.3, -0.25) is 0 Å². The molecule has 0 amide bonds. The molecule has 0 N–H and O–H groups in total. The van der Waals surface area contributed by atoms with Crippen molar-refractivity contribution >= 4 is 0 Å². The van der Waals surface area contributed by atoms with Crippen LogP contribution in [0.25, 0.3) is 0 Å². The molecule has 1 saturated carbocycles. The van der Waals surface area contributed by atoms with Gasteiger partial charge >= 0.3 is 0 Å². The van der Waals surface area contributed by atoms with Crippen LogP contribution in [0.4, 0.5) is 0 Å². The van der Waals surface area contributed by atoms with Crippen molar-refractivity contribution in [3.8, 4) is 0 Å². The molecule has 0 unspecified atom stereocenters. The van der Waals surface area contributed by atoms with Gasteiger partial charge in [0, 0.05) is 0 Å². The van der Waals surface area contributed by atoms with Gasteiger partial charge in [-0.15, -0.1) is 0 Å². The molecule has 2 saturated heterocycles. The Hall–Kier alpha value is -0.120. The highest BCUT2D eigenvalue weighted by Gasteiger charge is 2.51. The molecule has 3 atom stereocenters. The third kappa shape index (κ3) is 1.71. The largest absolute Gasteiger partial charge is 0.370 e. The Bertz CT molecular complexity index is 237. The third-order valence-corrected chi connectivity index (χ3v) is 4.01. The lowest BCUT2D eigenvalue weighted by Crippen LogP contribution is -2.51. The van der Waals surface area contributed by atoms with Gasteiger partial charge in [0.15, 0.2) is 5.79 Å². The minimum absolute atomic E-state index is 0.163. The van der Waals surface area contributed by atoms with Gasteiger partial charge in [0.05, 0.1) is 13.2 Å². The van der Waals surface area contributed by atoms with E-state index in [-0.39, 0.29) is 12.2 Å². The molecule has 0 aromatic rings. The second-order valence-corrected chi connectivity index (χ2v) is 5.22. The SMILES string of the molecule is C[C@]12OC[C@H](CO[C@@H]1C1CCCCC1)O2. The van der Waals surface area contributed by atoms with Gasteiger partial charge in [0.2, 0.25) is 0 Å². The smallest absolute Gasteiger partial charge is 0.192 e. The maximum Gasteiger partial charge on any atom is 0.192 e. The molecule has 0 spiro atoms. The highest BCUT2D eigenvalue weighted by atomic mass is 16.8. The average molecular weight is 212 g/mol. The molecule has 3 heteroatoms. The van der Waals surface area contributed by atoms with Crippen LogP contribution in [0.2, 0.25) is 0 Å². The highest BCUT2D eigenvalue weighted by Crippen LogP contribution is 2.41. The lowest BCUT2D eigenvalue weighted by Gasteiger charge is -2.41. The Labute approximate surface area is 91.1 Å². The third-order valence-electron chi connectivity index (χ3n) is 4.01. The summed E-state index contributed by atoms with van der Waals surface area (Å²) in [5.74, 6) is 0.188. The van der Waals surface area contributed by atoms with Crippen LogP contribution in [0.15, 0.2) is 0 Å². The molecule has 15 heavy (non-hydrogen) atoms. The summed E-state index contributed by atoms with van der Waals surface area (Å²) in [4.78, 5) is 0. The van der Waals surface area contributed by atoms with E-state index < -0.39 is 5.79 Å². The summed E-state index contributed by atoms with van der Waals surface area (Å²) >= 11 is 0. The second kappa shape index (κ2) is 3.72. The van der Waals surface area contributed by atoms with Crippen LogP contribution in [0.1, 0.15) is 39.0 Å². The summed E-state index contributed by atoms with van der Waals surface area (Å²) in [6.07, 6.45) is 6.94. The lowest BCUT2D eigenvalue weighted by molar-refractivity contribution is -0.280. The number of hydrogen-bond donors (Lipinski definition) is 0. The van der Waals surface area contributed by atoms with Gasteiger partial charge in [0.1, 0.15) is 12.2 Å². The molecule has 3 fully saturated rings. The van der Waals surface area contributed by atoms with Crippen LogP contribution in [-0.4, -0.2) is 31.2 Å². The van der Waals surface area contributed by atoms with Crippen LogP contribution in [-0.2, 0) is 14.2 Å². The van der Waals surface area contributed by atoms with E-state index in [0.29, 0.717) is 12.5 Å². The van der Waals surface area contributed by atoms with Gasteiger partial charge in [-0.05, 0) is 25.7 Å². The van der Waals surface area contributed by atoms with E-state index in [2.05, 4.69) is 0 Å². The molecular formula is C12H20O3. The Kier molecular flexibility index (Phi) is 2.49. The van der Waals surface area contributed by atoms with E-state index in [1.165, 1.54) is 32.1 Å².